The minimum Gasteiger partial charge on any atom is -0.347 e. The molecule has 3 heterocycles. The van der Waals surface area contributed by atoms with Gasteiger partial charge in [-0.1, -0.05) is 36.4 Å². The molecule has 0 spiro atoms. The summed E-state index contributed by atoms with van der Waals surface area (Å²) in [7, 11) is 0. The number of likely N-dealkylation sites (tertiary alicyclic amines) is 2. The van der Waals surface area contributed by atoms with E-state index in [4.69, 9.17) is 0 Å². The molecule has 1 atom stereocenters. The Hall–Kier alpha value is -2.24. The van der Waals surface area contributed by atoms with Crippen molar-refractivity contribution in [2.24, 2.45) is 5.92 Å². The van der Waals surface area contributed by atoms with Crippen molar-refractivity contribution in [1.82, 2.24) is 20.1 Å². The lowest BCUT2D eigenvalue weighted by molar-refractivity contribution is -0.129. The van der Waals surface area contributed by atoms with E-state index in [0.717, 1.165) is 51.1 Å². The van der Waals surface area contributed by atoms with Crippen LogP contribution in [-0.4, -0.2) is 52.9 Å². The van der Waals surface area contributed by atoms with Crippen molar-refractivity contribution in [3.63, 3.8) is 0 Å². The highest BCUT2D eigenvalue weighted by atomic mass is 16.2. The van der Waals surface area contributed by atoms with Gasteiger partial charge in [0.2, 0.25) is 5.91 Å². The molecule has 2 fully saturated rings. The molecule has 166 valence electrons. The number of piperidine rings is 2. The van der Waals surface area contributed by atoms with Crippen molar-refractivity contribution in [1.29, 1.82) is 0 Å². The van der Waals surface area contributed by atoms with Crippen molar-refractivity contribution >= 4 is 5.91 Å². The van der Waals surface area contributed by atoms with Crippen LogP contribution >= 0.6 is 0 Å². The molecule has 31 heavy (non-hydrogen) atoms. The topological polar surface area (TPSA) is 48.5 Å². The number of rotatable bonds is 6. The van der Waals surface area contributed by atoms with Crippen molar-refractivity contribution in [3.05, 3.63) is 66.0 Å². The fourth-order valence-corrected chi connectivity index (χ4v) is 5.08. The van der Waals surface area contributed by atoms with E-state index in [2.05, 4.69) is 52.1 Å². The molecule has 0 aliphatic carbocycles. The number of carbonyl (C=O) groups is 1. The summed E-state index contributed by atoms with van der Waals surface area (Å²) in [6.45, 7) is 9.43. The first kappa shape index (κ1) is 22.0. The maximum Gasteiger partial charge on any atom is 0.225 e. The molecule has 2 saturated heterocycles. The van der Waals surface area contributed by atoms with E-state index < -0.39 is 0 Å². The van der Waals surface area contributed by atoms with Gasteiger partial charge in [-0.2, -0.15) is 0 Å². The van der Waals surface area contributed by atoms with E-state index in [-0.39, 0.29) is 17.4 Å². The zero-order chi connectivity index (χ0) is 21.7. The van der Waals surface area contributed by atoms with E-state index in [0.29, 0.717) is 6.04 Å². The van der Waals surface area contributed by atoms with Crippen LogP contribution in [0.15, 0.2) is 54.9 Å². The average molecular weight is 421 g/mol. The van der Waals surface area contributed by atoms with Gasteiger partial charge in [0.1, 0.15) is 0 Å². The highest BCUT2D eigenvalue weighted by Gasteiger charge is 2.33. The minimum atomic E-state index is -0.349. The molecule has 0 saturated carbocycles. The van der Waals surface area contributed by atoms with Crippen molar-refractivity contribution in [2.75, 3.05) is 26.2 Å². The number of carbonyl (C=O) groups excluding carboxylic acids is 1. The third-order valence-electron chi connectivity index (χ3n) is 6.96. The van der Waals surface area contributed by atoms with Crippen LogP contribution in [0, 0.1) is 5.92 Å². The average Bonchev–Trinajstić information content (AvgIpc) is 2.81. The molecule has 0 unspecified atom stereocenters. The summed E-state index contributed by atoms with van der Waals surface area (Å²) in [6.07, 6.45) is 8.28. The highest BCUT2D eigenvalue weighted by Crippen LogP contribution is 2.26. The van der Waals surface area contributed by atoms with E-state index in [1.807, 2.05) is 36.7 Å². The number of aromatic nitrogens is 1. The summed E-state index contributed by atoms with van der Waals surface area (Å²) in [5.74, 6) is 0.290. The van der Waals surface area contributed by atoms with Gasteiger partial charge in [-0.15, -0.1) is 0 Å². The Morgan fingerprint density at radius 3 is 2.55 bits per heavy atom. The molecule has 2 aliphatic rings. The maximum absolute atomic E-state index is 13.1. The summed E-state index contributed by atoms with van der Waals surface area (Å²) in [5.41, 5.74) is 2.09. The second-order valence-electron chi connectivity index (χ2n) is 9.68. The number of hydrogen-bond acceptors (Lipinski definition) is 4. The molecule has 5 nitrogen and oxygen atoms in total. The number of nitrogens with zero attached hydrogens (tertiary/aromatic N) is 3. The van der Waals surface area contributed by atoms with Gasteiger partial charge < -0.3 is 5.32 Å². The number of pyridine rings is 1. The van der Waals surface area contributed by atoms with Crippen LogP contribution in [0.3, 0.4) is 0 Å². The number of benzene rings is 1. The Kier molecular flexibility index (Phi) is 7.03. The predicted molar refractivity (Wildman–Crippen MR) is 124 cm³/mol. The quantitative estimate of drug-likeness (QED) is 0.772. The number of amides is 1. The van der Waals surface area contributed by atoms with Crippen LogP contribution in [0.4, 0.5) is 0 Å². The molecule has 4 rings (SSSR count). The van der Waals surface area contributed by atoms with Gasteiger partial charge >= 0.3 is 0 Å². The van der Waals surface area contributed by atoms with Gasteiger partial charge in [0, 0.05) is 31.5 Å². The molecule has 1 aromatic heterocycles. The van der Waals surface area contributed by atoms with Crippen LogP contribution in [0.5, 0.6) is 0 Å². The van der Waals surface area contributed by atoms with E-state index in [1.165, 1.54) is 18.4 Å². The lowest BCUT2D eigenvalue weighted by atomic mass is 9.90. The normalized spacial score (nSPS) is 21.7. The van der Waals surface area contributed by atoms with E-state index >= 15 is 0 Å². The molecule has 1 N–H and O–H groups in total. The lowest BCUT2D eigenvalue weighted by Gasteiger charge is -2.42. The first-order chi connectivity index (χ1) is 15.0. The van der Waals surface area contributed by atoms with Gasteiger partial charge in [0.05, 0.1) is 11.5 Å². The van der Waals surface area contributed by atoms with Gasteiger partial charge in [0.25, 0.3) is 0 Å². The Morgan fingerprint density at radius 2 is 1.84 bits per heavy atom. The van der Waals surface area contributed by atoms with Gasteiger partial charge in [-0.3, -0.25) is 19.6 Å². The van der Waals surface area contributed by atoms with Crippen molar-refractivity contribution in [2.45, 2.75) is 57.7 Å². The van der Waals surface area contributed by atoms with Crippen molar-refractivity contribution < 1.29 is 4.79 Å². The molecular formula is C26H36N4O. The summed E-state index contributed by atoms with van der Waals surface area (Å²) in [4.78, 5) is 22.5. The van der Waals surface area contributed by atoms with Crippen LogP contribution < -0.4 is 5.32 Å². The van der Waals surface area contributed by atoms with Crippen LogP contribution in [0.2, 0.25) is 0 Å². The van der Waals surface area contributed by atoms with Crippen LogP contribution in [0.1, 0.15) is 50.7 Å². The second kappa shape index (κ2) is 9.92. The molecular weight excluding hydrogens is 384 g/mol. The Morgan fingerprint density at radius 1 is 1.06 bits per heavy atom. The molecule has 2 aliphatic heterocycles. The highest BCUT2D eigenvalue weighted by molar-refractivity contribution is 5.80. The van der Waals surface area contributed by atoms with Crippen molar-refractivity contribution in [3.8, 4) is 0 Å². The Labute approximate surface area is 186 Å². The molecule has 0 radical (unpaired) electrons. The largest absolute Gasteiger partial charge is 0.347 e. The smallest absolute Gasteiger partial charge is 0.225 e. The Bertz CT molecular complexity index is 831. The Balaban J connectivity index is 1.28. The molecule has 5 heteroatoms. The first-order valence-corrected chi connectivity index (χ1v) is 11.7. The fraction of sp³-hybridized carbons (Fsp3) is 0.538. The van der Waals surface area contributed by atoms with E-state index in [1.54, 1.807) is 0 Å². The third-order valence-corrected chi connectivity index (χ3v) is 6.96. The maximum atomic E-state index is 13.1. The molecule has 2 aromatic rings. The summed E-state index contributed by atoms with van der Waals surface area (Å²) < 4.78 is 0. The van der Waals surface area contributed by atoms with E-state index in [9.17, 15) is 4.79 Å². The van der Waals surface area contributed by atoms with Crippen LogP contribution in [0.25, 0.3) is 0 Å². The zero-order valence-corrected chi connectivity index (χ0v) is 19.0. The zero-order valence-electron chi connectivity index (χ0n) is 19.0. The standard InChI is InChI=1S/C26H36N4O/c1-26(2,23-10-4-3-5-11-23)28-25(31)22-9-7-15-30(20-22)24-12-16-29(17-13-24)19-21-8-6-14-27-18-21/h3-6,8,10-11,14,18,22,24H,7,9,12-13,15-17,19-20H2,1-2H3,(H,28,31)/t22-/m1/s1. The summed E-state index contributed by atoms with van der Waals surface area (Å²) >= 11 is 0. The van der Waals surface area contributed by atoms with Gasteiger partial charge in [-0.05, 0) is 76.4 Å². The second-order valence-corrected chi connectivity index (χ2v) is 9.68. The summed E-state index contributed by atoms with van der Waals surface area (Å²) in [6, 6.07) is 15.0. The first-order valence-electron chi connectivity index (χ1n) is 11.7. The minimum absolute atomic E-state index is 0.0881. The van der Waals surface area contributed by atoms with Gasteiger partial charge in [-0.25, -0.2) is 0 Å². The molecule has 1 amide bonds. The monoisotopic (exact) mass is 420 g/mol. The number of hydrogen-bond donors (Lipinski definition) is 1. The van der Waals surface area contributed by atoms with Gasteiger partial charge in [0.15, 0.2) is 0 Å². The molecule has 0 bridgehead atoms. The molecule has 1 aromatic carbocycles. The summed E-state index contributed by atoms with van der Waals surface area (Å²) in [5, 5.41) is 3.32. The predicted octanol–water partition coefficient (Wildman–Crippen LogP) is 3.81. The third kappa shape index (κ3) is 5.72. The fourth-order valence-electron chi connectivity index (χ4n) is 5.08. The lowest BCUT2D eigenvalue weighted by Crippen LogP contribution is -2.52. The number of nitrogens with one attached hydrogen (secondary N) is 1. The van der Waals surface area contributed by atoms with Crippen LogP contribution in [-0.2, 0) is 16.9 Å². The SMILES string of the molecule is CC(C)(NC(=O)[C@@H]1CCCN(C2CCN(Cc3cccnc3)CC2)C1)c1ccccc1.